The van der Waals surface area contributed by atoms with E-state index >= 15 is 0 Å². The molecule has 1 N–H and O–H groups in total. The van der Waals surface area contributed by atoms with Gasteiger partial charge in [-0.05, 0) is 69.0 Å². The molecule has 1 saturated heterocycles. The lowest BCUT2D eigenvalue weighted by atomic mass is 9.67. The first kappa shape index (κ1) is 22.3. The first-order chi connectivity index (χ1) is 15.3. The fraction of sp³-hybridized carbons (Fsp3) is 0.360. The van der Waals surface area contributed by atoms with E-state index in [0.717, 1.165) is 43.0 Å². The lowest BCUT2D eigenvalue weighted by molar-refractivity contribution is -0.0835. The summed E-state index contributed by atoms with van der Waals surface area (Å²) >= 11 is 0. The van der Waals surface area contributed by atoms with Crippen LogP contribution in [0, 0.1) is 17.5 Å². The number of nitrogens with zero attached hydrogens (tertiary/aromatic N) is 2. The topological polar surface area (TPSA) is 47.0 Å². The van der Waals surface area contributed by atoms with E-state index < -0.39 is 11.6 Å². The summed E-state index contributed by atoms with van der Waals surface area (Å²) in [4.78, 5) is 8.52. The maximum absolute atomic E-state index is 14.1. The van der Waals surface area contributed by atoms with Gasteiger partial charge in [-0.25, -0.2) is 18.2 Å². The molecule has 1 aliphatic heterocycles. The van der Waals surface area contributed by atoms with Crippen LogP contribution in [0.4, 0.5) is 19.0 Å². The maximum Gasteiger partial charge on any atom is 0.145 e. The lowest BCUT2D eigenvalue weighted by Gasteiger charge is -2.45. The Hall–Kier alpha value is -2.93. The standard InChI is InChI=1S/C25H26F3N3O/c1-24(2)16-25(9-11-32-24,17-4-3-5-18(26)12-17)8-10-30-23-15-29-14-22(31-23)20-13-19(27)6-7-21(20)28/h3-7,12-15H,8-11,16H2,1-2H3,(H,30,31). The second-order valence-electron chi connectivity index (χ2n) is 8.92. The fourth-order valence-corrected chi connectivity index (χ4v) is 4.60. The molecule has 4 nitrogen and oxygen atoms in total. The van der Waals surface area contributed by atoms with Gasteiger partial charge < -0.3 is 10.1 Å². The van der Waals surface area contributed by atoms with Crippen LogP contribution in [-0.2, 0) is 10.2 Å². The Morgan fingerprint density at radius 3 is 2.62 bits per heavy atom. The van der Waals surface area contributed by atoms with E-state index in [4.69, 9.17) is 4.74 Å². The van der Waals surface area contributed by atoms with Gasteiger partial charge in [0.15, 0.2) is 0 Å². The average molecular weight is 441 g/mol. The molecule has 1 aliphatic rings. The molecule has 1 aromatic heterocycles. The van der Waals surface area contributed by atoms with Crippen LogP contribution in [0.2, 0.25) is 0 Å². The molecule has 1 unspecified atom stereocenters. The molecule has 7 heteroatoms. The first-order valence-corrected chi connectivity index (χ1v) is 10.7. The second kappa shape index (κ2) is 8.90. The zero-order valence-electron chi connectivity index (χ0n) is 18.2. The van der Waals surface area contributed by atoms with Crippen LogP contribution in [0.1, 0.15) is 38.7 Å². The van der Waals surface area contributed by atoms with Gasteiger partial charge in [0.1, 0.15) is 23.3 Å². The van der Waals surface area contributed by atoms with Crippen molar-refractivity contribution in [1.29, 1.82) is 0 Å². The van der Waals surface area contributed by atoms with Crippen molar-refractivity contribution in [2.24, 2.45) is 0 Å². The summed E-state index contributed by atoms with van der Waals surface area (Å²) in [5.41, 5.74) is 0.690. The fourth-order valence-electron chi connectivity index (χ4n) is 4.60. The van der Waals surface area contributed by atoms with Crippen LogP contribution in [0.5, 0.6) is 0 Å². The highest BCUT2D eigenvalue weighted by molar-refractivity contribution is 5.60. The molecule has 2 heterocycles. The zero-order valence-corrected chi connectivity index (χ0v) is 18.2. The van der Waals surface area contributed by atoms with Gasteiger partial charge in [-0.2, -0.15) is 0 Å². The molecule has 168 valence electrons. The number of benzene rings is 2. The van der Waals surface area contributed by atoms with Gasteiger partial charge >= 0.3 is 0 Å². The molecular weight excluding hydrogens is 415 g/mol. The molecule has 0 radical (unpaired) electrons. The SMILES string of the molecule is CC1(C)CC(CCNc2cncc(-c3cc(F)ccc3F)n2)(c2cccc(F)c2)CCO1. The van der Waals surface area contributed by atoms with Crippen molar-refractivity contribution in [1.82, 2.24) is 9.97 Å². The maximum atomic E-state index is 14.1. The number of halogens is 3. The van der Waals surface area contributed by atoms with E-state index in [1.165, 1.54) is 12.3 Å². The molecule has 3 aromatic rings. The summed E-state index contributed by atoms with van der Waals surface area (Å²) in [7, 11) is 0. The van der Waals surface area contributed by atoms with Crippen molar-refractivity contribution in [3.05, 3.63) is 77.9 Å². The Balaban J connectivity index is 1.53. The molecule has 4 rings (SSSR count). The minimum absolute atomic E-state index is 0.0589. The smallest absolute Gasteiger partial charge is 0.145 e. The van der Waals surface area contributed by atoms with Crippen molar-refractivity contribution >= 4 is 5.82 Å². The molecule has 1 fully saturated rings. The molecule has 32 heavy (non-hydrogen) atoms. The molecule has 2 aromatic carbocycles. The predicted octanol–water partition coefficient (Wildman–Crippen LogP) is 5.89. The number of hydrogen-bond acceptors (Lipinski definition) is 4. The molecule has 1 atom stereocenters. The van der Waals surface area contributed by atoms with E-state index in [0.29, 0.717) is 19.0 Å². The van der Waals surface area contributed by atoms with Crippen molar-refractivity contribution in [3.8, 4) is 11.3 Å². The van der Waals surface area contributed by atoms with E-state index in [2.05, 4.69) is 29.1 Å². The Kier molecular flexibility index (Phi) is 6.20. The minimum atomic E-state index is -0.563. The van der Waals surface area contributed by atoms with E-state index in [9.17, 15) is 13.2 Å². The van der Waals surface area contributed by atoms with Gasteiger partial charge in [-0.3, -0.25) is 4.98 Å². The van der Waals surface area contributed by atoms with Crippen molar-refractivity contribution < 1.29 is 17.9 Å². The van der Waals surface area contributed by atoms with Gasteiger partial charge in [-0.1, -0.05) is 12.1 Å². The lowest BCUT2D eigenvalue weighted by Crippen LogP contribution is -2.45. The zero-order chi connectivity index (χ0) is 22.8. The third-order valence-corrected chi connectivity index (χ3v) is 6.02. The van der Waals surface area contributed by atoms with E-state index in [-0.39, 0.29) is 28.1 Å². The number of ether oxygens (including phenoxy) is 1. The first-order valence-electron chi connectivity index (χ1n) is 10.7. The normalized spacial score (nSPS) is 20.2. The monoisotopic (exact) mass is 441 g/mol. The van der Waals surface area contributed by atoms with Gasteiger partial charge in [0.05, 0.1) is 23.7 Å². The van der Waals surface area contributed by atoms with Crippen LogP contribution in [-0.4, -0.2) is 28.7 Å². The van der Waals surface area contributed by atoms with Crippen molar-refractivity contribution in [2.45, 2.75) is 44.1 Å². The molecule has 0 spiro atoms. The highest BCUT2D eigenvalue weighted by Gasteiger charge is 2.41. The summed E-state index contributed by atoms with van der Waals surface area (Å²) in [6.45, 7) is 5.25. The quantitative estimate of drug-likeness (QED) is 0.518. The second-order valence-corrected chi connectivity index (χ2v) is 8.92. The predicted molar refractivity (Wildman–Crippen MR) is 118 cm³/mol. The Morgan fingerprint density at radius 2 is 1.84 bits per heavy atom. The summed E-state index contributed by atoms with van der Waals surface area (Å²) in [5.74, 6) is -0.894. The van der Waals surface area contributed by atoms with Crippen LogP contribution in [0.15, 0.2) is 54.9 Å². The highest BCUT2D eigenvalue weighted by atomic mass is 19.1. The number of aromatic nitrogens is 2. The number of rotatable bonds is 6. The van der Waals surface area contributed by atoms with Crippen LogP contribution in [0.25, 0.3) is 11.3 Å². The Morgan fingerprint density at radius 1 is 1.03 bits per heavy atom. The van der Waals surface area contributed by atoms with Crippen LogP contribution >= 0.6 is 0 Å². The van der Waals surface area contributed by atoms with Gasteiger partial charge in [0, 0.05) is 24.1 Å². The molecule has 0 amide bonds. The minimum Gasteiger partial charge on any atom is -0.376 e. The van der Waals surface area contributed by atoms with Crippen LogP contribution in [0.3, 0.4) is 0 Å². The average Bonchev–Trinajstić information content (AvgIpc) is 2.75. The summed E-state index contributed by atoms with van der Waals surface area (Å²) in [6.07, 6.45) is 5.21. The highest BCUT2D eigenvalue weighted by Crippen LogP contribution is 2.44. The molecular formula is C25H26F3N3O. The Labute approximate surface area is 185 Å². The van der Waals surface area contributed by atoms with Gasteiger partial charge in [0.25, 0.3) is 0 Å². The summed E-state index contributed by atoms with van der Waals surface area (Å²) in [6, 6.07) is 10.0. The number of nitrogens with one attached hydrogen (secondary N) is 1. The Bertz CT molecular complexity index is 1110. The largest absolute Gasteiger partial charge is 0.376 e. The molecule has 0 saturated carbocycles. The van der Waals surface area contributed by atoms with Crippen molar-refractivity contribution in [3.63, 3.8) is 0 Å². The van der Waals surface area contributed by atoms with Crippen LogP contribution < -0.4 is 5.32 Å². The number of hydrogen-bond donors (Lipinski definition) is 1. The van der Waals surface area contributed by atoms with Gasteiger partial charge in [0.2, 0.25) is 0 Å². The summed E-state index contributed by atoms with van der Waals surface area (Å²) < 4.78 is 47.6. The van der Waals surface area contributed by atoms with Crippen molar-refractivity contribution in [2.75, 3.05) is 18.5 Å². The summed E-state index contributed by atoms with van der Waals surface area (Å²) in [5, 5.41) is 3.25. The number of anilines is 1. The third-order valence-electron chi connectivity index (χ3n) is 6.02. The molecule has 0 bridgehead atoms. The van der Waals surface area contributed by atoms with Gasteiger partial charge in [-0.15, -0.1) is 0 Å². The van der Waals surface area contributed by atoms with E-state index in [1.807, 2.05) is 6.07 Å². The van der Waals surface area contributed by atoms with E-state index in [1.54, 1.807) is 18.3 Å². The molecule has 0 aliphatic carbocycles. The third kappa shape index (κ3) is 4.93.